The van der Waals surface area contributed by atoms with E-state index in [1.807, 2.05) is 42.5 Å². The monoisotopic (exact) mass is 326 g/mol. The number of hydrogen-bond donors (Lipinski definition) is 2. The largest absolute Gasteiger partial charge is 0.493 e. The summed E-state index contributed by atoms with van der Waals surface area (Å²) in [5.41, 5.74) is 1.86. The van der Waals surface area contributed by atoms with Gasteiger partial charge in [-0.1, -0.05) is 24.3 Å². The number of fused-ring (bicyclic) bond motifs is 1. The number of rotatable bonds is 6. The number of para-hydroxylation sites is 1. The fourth-order valence-electron chi connectivity index (χ4n) is 3.00. The van der Waals surface area contributed by atoms with Crippen molar-refractivity contribution in [3.8, 4) is 5.75 Å². The number of amides is 1. The van der Waals surface area contributed by atoms with E-state index in [0.29, 0.717) is 26.0 Å². The summed E-state index contributed by atoms with van der Waals surface area (Å²) in [6.45, 7) is 0.999. The van der Waals surface area contributed by atoms with Crippen LogP contribution in [0.15, 0.2) is 48.7 Å². The molecule has 126 valence electrons. The second-order valence-corrected chi connectivity index (χ2v) is 6.05. The first-order valence-electron chi connectivity index (χ1n) is 8.28. The summed E-state index contributed by atoms with van der Waals surface area (Å²) in [6.07, 6.45) is 3.05. The van der Waals surface area contributed by atoms with Gasteiger partial charge in [0.15, 0.2) is 0 Å². The van der Waals surface area contributed by atoms with Crippen LogP contribution in [0, 0.1) is 5.92 Å². The molecule has 0 unspecified atom stereocenters. The molecule has 0 saturated carbocycles. The van der Waals surface area contributed by atoms with E-state index in [0.717, 1.165) is 17.0 Å². The number of aromatic nitrogens is 1. The van der Waals surface area contributed by atoms with Crippen molar-refractivity contribution in [3.05, 3.63) is 59.9 Å². The molecule has 0 radical (unpaired) electrons. The zero-order valence-electron chi connectivity index (χ0n) is 13.5. The third kappa shape index (κ3) is 3.92. The van der Waals surface area contributed by atoms with Crippen LogP contribution in [0.25, 0.3) is 0 Å². The summed E-state index contributed by atoms with van der Waals surface area (Å²) in [5, 5.41) is 12.6. The van der Waals surface area contributed by atoms with Crippen molar-refractivity contribution < 1.29 is 14.6 Å². The van der Waals surface area contributed by atoms with Gasteiger partial charge in [-0.2, -0.15) is 0 Å². The number of hydrogen-bond acceptors (Lipinski definition) is 4. The SMILES string of the molecule is O=C(NC[C@@H](CO)Cc1ccccn1)[C@@H]1CCOc2ccccc21. The highest BCUT2D eigenvalue weighted by atomic mass is 16.5. The molecule has 2 atom stereocenters. The van der Waals surface area contributed by atoms with Gasteiger partial charge in [0.25, 0.3) is 0 Å². The lowest BCUT2D eigenvalue weighted by Crippen LogP contribution is -2.36. The van der Waals surface area contributed by atoms with Crippen LogP contribution in [-0.2, 0) is 11.2 Å². The number of nitrogens with one attached hydrogen (secondary N) is 1. The number of carbonyl (C=O) groups excluding carboxylic acids is 1. The molecular formula is C19H22N2O3. The van der Waals surface area contributed by atoms with Crippen LogP contribution in [0.5, 0.6) is 5.75 Å². The van der Waals surface area contributed by atoms with Crippen molar-refractivity contribution in [2.75, 3.05) is 19.8 Å². The van der Waals surface area contributed by atoms with Gasteiger partial charge in [0.1, 0.15) is 5.75 Å². The minimum Gasteiger partial charge on any atom is -0.493 e. The Morgan fingerprint density at radius 2 is 2.12 bits per heavy atom. The van der Waals surface area contributed by atoms with Crippen LogP contribution in [0.1, 0.15) is 23.6 Å². The summed E-state index contributed by atoms with van der Waals surface area (Å²) in [4.78, 5) is 16.8. The van der Waals surface area contributed by atoms with Crippen molar-refractivity contribution in [2.45, 2.75) is 18.8 Å². The number of nitrogens with zero attached hydrogens (tertiary/aromatic N) is 1. The number of pyridine rings is 1. The molecule has 1 aliphatic heterocycles. The number of ether oxygens (including phenoxy) is 1. The topological polar surface area (TPSA) is 71.5 Å². The Balaban J connectivity index is 1.59. The van der Waals surface area contributed by atoms with E-state index in [-0.39, 0.29) is 24.3 Å². The molecule has 0 spiro atoms. The fraction of sp³-hybridized carbons (Fsp3) is 0.368. The van der Waals surface area contributed by atoms with Gasteiger partial charge in [-0.15, -0.1) is 0 Å². The second-order valence-electron chi connectivity index (χ2n) is 6.05. The minimum atomic E-state index is -0.191. The third-order valence-corrected chi connectivity index (χ3v) is 4.32. The van der Waals surface area contributed by atoms with Crippen molar-refractivity contribution in [3.63, 3.8) is 0 Å². The standard InChI is InChI=1S/C19H22N2O3/c22-13-14(11-15-5-3-4-9-20-15)12-21-19(23)17-8-10-24-18-7-2-1-6-16(17)18/h1-7,9,14,17,22H,8,10-13H2,(H,21,23)/t14-,17+/m0/s1. The maximum atomic E-state index is 12.6. The van der Waals surface area contributed by atoms with Gasteiger partial charge < -0.3 is 15.2 Å². The van der Waals surface area contributed by atoms with Gasteiger partial charge >= 0.3 is 0 Å². The summed E-state index contributed by atoms with van der Waals surface area (Å²) < 4.78 is 5.60. The van der Waals surface area contributed by atoms with Crippen LogP contribution >= 0.6 is 0 Å². The summed E-state index contributed by atoms with van der Waals surface area (Å²) in [7, 11) is 0. The Morgan fingerprint density at radius 1 is 1.29 bits per heavy atom. The third-order valence-electron chi connectivity index (χ3n) is 4.32. The average molecular weight is 326 g/mol. The molecule has 2 aromatic rings. The summed E-state index contributed by atoms with van der Waals surface area (Å²) in [6, 6.07) is 13.4. The fourth-order valence-corrected chi connectivity index (χ4v) is 3.00. The van der Waals surface area contributed by atoms with E-state index < -0.39 is 0 Å². The molecule has 1 aromatic heterocycles. The smallest absolute Gasteiger partial charge is 0.227 e. The van der Waals surface area contributed by atoms with Crippen molar-refractivity contribution in [1.82, 2.24) is 10.3 Å². The van der Waals surface area contributed by atoms with E-state index >= 15 is 0 Å². The van der Waals surface area contributed by atoms with Crippen molar-refractivity contribution in [2.24, 2.45) is 5.92 Å². The van der Waals surface area contributed by atoms with Gasteiger partial charge in [-0.25, -0.2) is 0 Å². The number of aliphatic hydroxyl groups is 1. The van der Waals surface area contributed by atoms with E-state index in [1.165, 1.54) is 0 Å². The molecule has 2 N–H and O–H groups in total. The Morgan fingerprint density at radius 3 is 2.92 bits per heavy atom. The van der Waals surface area contributed by atoms with Gasteiger partial charge in [-0.05, 0) is 31.0 Å². The maximum Gasteiger partial charge on any atom is 0.227 e. The molecule has 1 aliphatic rings. The van der Waals surface area contributed by atoms with Gasteiger partial charge in [0.2, 0.25) is 5.91 Å². The first kappa shape index (κ1) is 16.5. The molecule has 0 saturated heterocycles. The molecule has 1 aromatic carbocycles. The normalized spacial score (nSPS) is 17.5. The number of aliphatic hydroxyl groups excluding tert-OH is 1. The Hall–Kier alpha value is -2.40. The van der Waals surface area contributed by atoms with E-state index in [9.17, 15) is 9.90 Å². The van der Waals surface area contributed by atoms with E-state index in [4.69, 9.17) is 4.74 Å². The molecule has 0 bridgehead atoms. The first-order chi connectivity index (χ1) is 11.8. The van der Waals surface area contributed by atoms with Crippen LogP contribution < -0.4 is 10.1 Å². The summed E-state index contributed by atoms with van der Waals surface area (Å²) in [5.74, 6) is 0.546. The Labute approximate surface area is 141 Å². The number of carbonyl (C=O) groups is 1. The average Bonchev–Trinajstić information content (AvgIpc) is 2.65. The van der Waals surface area contributed by atoms with E-state index in [1.54, 1.807) is 6.20 Å². The lowest BCUT2D eigenvalue weighted by molar-refractivity contribution is -0.123. The maximum absolute atomic E-state index is 12.6. The Bertz CT molecular complexity index is 675. The van der Waals surface area contributed by atoms with E-state index in [2.05, 4.69) is 10.3 Å². The molecule has 24 heavy (non-hydrogen) atoms. The zero-order valence-corrected chi connectivity index (χ0v) is 13.5. The van der Waals surface area contributed by atoms with Gasteiger partial charge in [0, 0.05) is 36.5 Å². The molecule has 5 heteroatoms. The summed E-state index contributed by atoms with van der Waals surface area (Å²) >= 11 is 0. The predicted octanol–water partition coefficient (Wildman–Crippen LogP) is 1.92. The molecule has 2 heterocycles. The van der Waals surface area contributed by atoms with Crippen LogP contribution in [0.4, 0.5) is 0 Å². The highest BCUT2D eigenvalue weighted by Gasteiger charge is 2.27. The first-order valence-corrected chi connectivity index (χ1v) is 8.28. The lowest BCUT2D eigenvalue weighted by Gasteiger charge is -2.25. The molecule has 0 aliphatic carbocycles. The van der Waals surface area contributed by atoms with Crippen LogP contribution in [0.3, 0.4) is 0 Å². The lowest BCUT2D eigenvalue weighted by atomic mass is 9.92. The quantitative estimate of drug-likeness (QED) is 0.851. The van der Waals surface area contributed by atoms with Gasteiger partial charge in [0.05, 0.1) is 12.5 Å². The molecular weight excluding hydrogens is 304 g/mol. The zero-order chi connectivity index (χ0) is 16.8. The molecule has 0 fully saturated rings. The molecule has 1 amide bonds. The van der Waals surface area contributed by atoms with Gasteiger partial charge in [-0.3, -0.25) is 9.78 Å². The Kier molecular flexibility index (Phi) is 5.43. The second kappa shape index (κ2) is 7.93. The minimum absolute atomic E-state index is 0.00905. The highest BCUT2D eigenvalue weighted by molar-refractivity contribution is 5.84. The van der Waals surface area contributed by atoms with Crippen molar-refractivity contribution >= 4 is 5.91 Å². The molecule has 5 nitrogen and oxygen atoms in total. The number of benzene rings is 1. The molecule has 3 rings (SSSR count). The van der Waals surface area contributed by atoms with Crippen LogP contribution in [-0.4, -0.2) is 35.8 Å². The predicted molar refractivity (Wildman–Crippen MR) is 90.8 cm³/mol. The van der Waals surface area contributed by atoms with Crippen molar-refractivity contribution in [1.29, 1.82) is 0 Å². The highest BCUT2D eigenvalue weighted by Crippen LogP contribution is 2.33. The van der Waals surface area contributed by atoms with Crippen LogP contribution in [0.2, 0.25) is 0 Å².